The van der Waals surface area contributed by atoms with E-state index in [9.17, 15) is 4.39 Å². The second-order valence-electron chi connectivity index (χ2n) is 7.26. The van der Waals surface area contributed by atoms with E-state index in [0.29, 0.717) is 11.3 Å². The minimum absolute atomic E-state index is 0.193. The normalized spacial score (nSPS) is 13.6. The van der Waals surface area contributed by atoms with E-state index in [1.165, 1.54) is 6.07 Å². The molecule has 2 rings (SSSR count). The second kappa shape index (κ2) is 6.87. The standard InChI is InChI=1S/C21H28FN3/c1-9-17-15(5)24(10-2)25(20(17)23-14(3)4)16-11-12-19(22)18(13-16)21(6,7)8/h9,11-13H,3,5,10H2,1-2,4,6-8H3/b17-9-,23-20?. The van der Waals surface area contributed by atoms with Crippen molar-refractivity contribution in [3.05, 3.63) is 57.9 Å². The summed E-state index contributed by atoms with van der Waals surface area (Å²) in [6.45, 7) is 20.8. The Morgan fingerprint density at radius 1 is 1.32 bits per heavy atom. The summed E-state index contributed by atoms with van der Waals surface area (Å²) >= 11 is 0. The van der Waals surface area contributed by atoms with Crippen LogP contribution < -0.4 is 16.1 Å². The molecule has 25 heavy (non-hydrogen) atoms. The summed E-state index contributed by atoms with van der Waals surface area (Å²) in [5.74, 6) is -0.193. The van der Waals surface area contributed by atoms with Gasteiger partial charge in [0.25, 0.3) is 0 Å². The molecular weight excluding hydrogens is 313 g/mol. The van der Waals surface area contributed by atoms with Gasteiger partial charge in [0.1, 0.15) is 5.82 Å². The largest absolute Gasteiger partial charge is 0.280 e. The highest BCUT2D eigenvalue weighted by Gasteiger charge is 2.20. The molecule has 2 aromatic rings. The lowest BCUT2D eigenvalue weighted by molar-refractivity contribution is 0.516. The zero-order valence-electron chi connectivity index (χ0n) is 16.2. The first-order valence-electron chi connectivity index (χ1n) is 8.59. The Labute approximate surface area is 149 Å². The summed E-state index contributed by atoms with van der Waals surface area (Å²) in [4.78, 5) is 4.63. The van der Waals surface area contributed by atoms with Gasteiger partial charge in [-0.2, -0.15) is 0 Å². The van der Waals surface area contributed by atoms with Crippen molar-refractivity contribution in [3.63, 3.8) is 0 Å². The van der Waals surface area contributed by atoms with Crippen molar-refractivity contribution in [1.82, 2.24) is 9.36 Å². The zero-order valence-corrected chi connectivity index (χ0v) is 16.2. The first-order chi connectivity index (χ1) is 11.6. The SMILES string of the molecule is C=C(C)N=c1/c(=C\C)c(=C)n(CC)n1-c1ccc(F)c(C(C)(C)C)c1. The number of aromatic nitrogens is 2. The van der Waals surface area contributed by atoms with E-state index in [2.05, 4.69) is 29.8 Å². The van der Waals surface area contributed by atoms with Crippen molar-refractivity contribution < 1.29 is 4.39 Å². The second-order valence-corrected chi connectivity index (χ2v) is 7.26. The summed E-state index contributed by atoms with van der Waals surface area (Å²) in [5, 5.41) is 1.85. The molecule has 0 amide bonds. The van der Waals surface area contributed by atoms with E-state index in [-0.39, 0.29) is 11.2 Å². The maximum atomic E-state index is 14.4. The number of rotatable bonds is 3. The summed E-state index contributed by atoms with van der Waals surface area (Å²) < 4.78 is 18.4. The van der Waals surface area contributed by atoms with Gasteiger partial charge in [0.05, 0.1) is 11.0 Å². The van der Waals surface area contributed by atoms with Gasteiger partial charge < -0.3 is 0 Å². The molecule has 0 saturated carbocycles. The first-order valence-corrected chi connectivity index (χ1v) is 8.59. The fraction of sp³-hybridized carbons (Fsp3) is 0.381. The maximum Gasteiger partial charge on any atom is 0.161 e. The number of halogens is 1. The molecule has 0 atom stereocenters. The molecule has 0 aliphatic carbocycles. The molecule has 0 bridgehead atoms. The summed E-state index contributed by atoms with van der Waals surface area (Å²) in [6.07, 6.45) is 2.00. The van der Waals surface area contributed by atoms with Crippen LogP contribution in [0.25, 0.3) is 18.3 Å². The summed E-state index contributed by atoms with van der Waals surface area (Å²) in [6, 6.07) is 5.21. The molecule has 1 heterocycles. The Morgan fingerprint density at radius 2 is 1.96 bits per heavy atom. The van der Waals surface area contributed by atoms with Crippen LogP contribution in [0.1, 0.15) is 47.1 Å². The summed E-state index contributed by atoms with van der Waals surface area (Å²) in [5.41, 5.74) is 2.74. The van der Waals surface area contributed by atoms with Gasteiger partial charge in [-0.15, -0.1) is 0 Å². The molecule has 0 N–H and O–H groups in total. The van der Waals surface area contributed by atoms with Crippen molar-refractivity contribution in [2.24, 2.45) is 4.99 Å². The number of hydrogen-bond donors (Lipinski definition) is 0. The first kappa shape index (κ1) is 19.0. The van der Waals surface area contributed by atoms with Gasteiger partial charge in [0.15, 0.2) is 5.49 Å². The molecule has 0 spiro atoms. The van der Waals surface area contributed by atoms with Crippen LogP contribution in [0.4, 0.5) is 4.39 Å². The van der Waals surface area contributed by atoms with Crippen LogP contribution >= 0.6 is 0 Å². The van der Waals surface area contributed by atoms with E-state index in [1.54, 1.807) is 6.07 Å². The zero-order chi connectivity index (χ0) is 18.9. The van der Waals surface area contributed by atoms with Crippen LogP contribution in [-0.4, -0.2) is 9.36 Å². The predicted molar refractivity (Wildman–Crippen MR) is 103 cm³/mol. The topological polar surface area (TPSA) is 22.2 Å². The van der Waals surface area contributed by atoms with Gasteiger partial charge in [-0.1, -0.05) is 40.0 Å². The molecule has 0 saturated heterocycles. The highest BCUT2D eigenvalue weighted by atomic mass is 19.1. The third kappa shape index (κ3) is 3.53. The van der Waals surface area contributed by atoms with Crippen LogP contribution in [0.3, 0.4) is 0 Å². The highest BCUT2D eigenvalue weighted by Crippen LogP contribution is 2.26. The molecule has 0 radical (unpaired) electrons. The van der Waals surface area contributed by atoms with Crippen molar-refractivity contribution in [3.8, 4) is 5.69 Å². The molecule has 0 unspecified atom stereocenters. The van der Waals surface area contributed by atoms with Gasteiger partial charge in [0.2, 0.25) is 0 Å². The fourth-order valence-electron chi connectivity index (χ4n) is 3.02. The van der Waals surface area contributed by atoms with Gasteiger partial charge in [0, 0.05) is 17.5 Å². The average molecular weight is 341 g/mol. The minimum atomic E-state index is -0.289. The lowest BCUT2D eigenvalue weighted by atomic mass is 9.86. The quantitative estimate of drug-likeness (QED) is 0.817. The van der Waals surface area contributed by atoms with Gasteiger partial charge in [-0.25, -0.2) is 14.1 Å². The molecule has 134 valence electrons. The number of hydrogen-bond acceptors (Lipinski definition) is 1. The van der Waals surface area contributed by atoms with E-state index in [4.69, 9.17) is 0 Å². The molecule has 0 fully saturated rings. The van der Waals surface area contributed by atoms with Crippen LogP contribution in [0, 0.1) is 5.82 Å². The lowest BCUT2D eigenvalue weighted by Gasteiger charge is -2.21. The van der Waals surface area contributed by atoms with Crippen LogP contribution in [0.15, 0.2) is 35.5 Å². The van der Waals surface area contributed by atoms with E-state index in [0.717, 1.165) is 28.3 Å². The van der Waals surface area contributed by atoms with Gasteiger partial charge in [-0.3, -0.25) is 4.68 Å². The van der Waals surface area contributed by atoms with Crippen molar-refractivity contribution in [2.45, 2.75) is 53.5 Å². The smallest absolute Gasteiger partial charge is 0.161 e. The number of nitrogens with zero attached hydrogens (tertiary/aromatic N) is 3. The van der Waals surface area contributed by atoms with Gasteiger partial charge in [-0.05, 0) is 49.9 Å². The molecule has 1 aromatic carbocycles. The van der Waals surface area contributed by atoms with Crippen LogP contribution in [0.2, 0.25) is 0 Å². The Morgan fingerprint density at radius 3 is 2.44 bits per heavy atom. The molecular formula is C21H28FN3. The van der Waals surface area contributed by atoms with Crippen LogP contribution in [-0.2, 0) is 12.0 Å². The molecule has 0 aliphatic heterocycles. The van der Waals surface area contributed by atoms with Crippen molar-refractivity contribution in [2.75, 3.05) is 0 Å². The van der Waals surface area contributed by atoms with Gasteiger partial charge >= 0.3 is 0 Å². The lowest BCUT2D eigenvalue weighted by Crippen LogP contribution is -2.35. The average Bonchev–Trinajstić information content (AvgIpc) is 2.77. The Hall–Kier alpha value is -2.36. The van der Waals surface area contributed by atoms with E-state index in [1.807, 2.05) is 51.4 Å². The molecule has 1 aromatic heterocycles. The van der Waals surface area contributed by atoms with Crippen molar-refractivity contribution in [1.29, 1.82) is 0 Å². The molecule has 4 heteroatoms. The monoisotopic (exact) mass is 341 g/mol. The van der Waals surface area contributed by atoms with Crippen molar-refractivity contribution >= 4 is 12.7 Å². The highest BCUT2D eigenvalue weighted by molar-refractivity contribution is 5.40. The Kier molecular flexibility index (Phi) is 5.21. The maximum absolute atomic E-state index is 14.4. The molecule has 3 nitrogen and oxygen atoms in total. The third-order valence-electron chi connectivity index (χ3n) is 4.19. The Bertz CT molecular complexity index is 982. The number of benzene rings is 1. The predicted octanol–water partition coefficient (Wildman–Crippen LogP) is 3.38. The van der Waals surface area contributed by atoms with E-state index >= 15 is 0 Å². The fourth-order valence-corrected chi connectivity index (χ4v) is 3.02. The summed E-state index contributed by atoms with van der Waals surface area (Å²) in [7, 11) is 0. The third-order valence-corrected chi connectivity index (χ3v) is 4.19. The van der Waals surface area contributed by atoms with E-state index < -0.39 is 0 Å². The minimum Gasteiger partial charge on any atom is -0.280 e. The van der Waals surface area contributed by atoms with Crippen LogP contribution in [0.5, 0.6) is 0 Å². The number of allylic oxidation sites excluding steroid dienone is 1. The Balaban J connectivity index is 2.99. The molecule has 0 aliphatic rings.